The van der Waals surface area contributed by atoms with E-state index in [1.54, 1.807) is 6.07 Å². The summed E-state index contributed by atoms with van der Waals surface area (Å²) >= 11 is 0. The van der Waals surface area contributed by atoms with Crippen LogP contribution in [0, 0.1) is 0 Å². The number of unbranched alkanes of at least 4 members (excludes halogenated alkanes) is 2. The minimum Gasteiger partial charge on any atom is -0.333 e. The highest BCUT2D eigenvalue weighted by Crippen LogP contribution is 2.19. The largest absolute Gasteiger partial charge is 0.333 e. The van der Waals surface area contributed by atoms with Gasteiger partial charge in [-0.05, 0) is 31.9 Å². The van der Waals surface area contributed by atoms with Crippen LogP contribution in [0.25, 0.3) is 10.8 Å². The van der Waals surface area contributed by atoms with Crippen LogP contribution in [-0.4, -0.2) is 46.3 Å². The van der Waals surface area contributed by atoms with Crippen molar-refractivity contribution in [1.29, 1.82) is 0 Å². The van der Waals surface area contributed by atoms with Crippen LogP contribution in [0.1, 0.15) is 56.4 Å². The lowest BCUT2D eigenvalue weighted by atomic mass is 10.1. The van der Waals surface area contributed by atoms with Gasteiger partial charge in [-0.15, -0.1) is 0 Å². The first-order valence-electron chi connectivity index (χ1n) is 10.2. The smallest absolute Gasteiger partial charge is 0.275 e. The second-order valence-electron chi connectivity index (χ2n) is 7.27. The molecule has 1 saturated heterocycles. The fraction of sp³-hybridized carbons (Fsp3) is 0.571. The summed E-state index contributed by atoms with van der Waals surface area (Å²) in [5.41, 5.74) is 0.296. The zero-order valence-corrected chi connectivity index (χ0v) is 16.4. The van der Waals surface area contributed by atoms with Gasteiger partial charge in [0.1, 0.15) is 0 Å². The Labute approximate surface area is 160 Å². The normalized spacial score (nSPS) is 16.7. The van der Waals surface area contributed by atoms with E-state index in [0.29, 0.717) is 29.6 Å². The predicted octanol–water partition coefficient (Wildman–Crippen LogP) is 2.80. The summed E-state index contributed by atoms with van der Waals surface area (Å²) in [4.78, 5) is 28.2. The minimum absolute atomic E-state index is 0.0639. The number of carbonyl (C=O) groups is 1. The third-order valence-electron chi connectivity index (χ3n) is 5.24. The van der Waals surface area contributed by atoms with Crippen LogP contribution in [0.5, 0.6) is 0 Å². The molecule has 0 saturated carbocycles. The number of rotatable bonds is 8. The van der Waals surface area contributed by atoms with Crippen molar-refractivity contribution in [1.82, 2.24) is 20.0 Å². The molecule has 0 bridgehead atoms. The van der Waals surface area contributed by atoms with Crippen molar-refractivity contribution in [3.05, 3.63) is 40.3 Å². The van der Waals surface area contributed by atoms with Crippen molar-refractivity contribution < 1.29 is 4.79 Å². The van der Waals surface area contributed by atoms with E-state index in [4.69, 9.17) is 0 Å². The zero-order chi connectivity index (χ0) is 19.2. The number of nitrogens with one attached hydrogen (secondary N) is 1. The van der Waals surface area contributed by atoms with E-state index in [-0.39, 0.29) is 17.5 Å². The number of nitrogens with zero attached hydrogens (tertiary/aromatic N) is 3. The summed E-state index contributed by atoms with van der Waals surface area (Å²) in [6.07, 6.45) is 4.86. The maximum Gasteiger partial charge on any atom is 0.275 e. The summed E-state index contributed by atoms with van der Waals surface area (Å²) in [5.74, 6) is -0.0639. The second-order valence-corrected chi connectivity index (χ2v) is 7.27. The molecule has 6 heteroatoms. The molecule has 1 atom stereocenters. The summed E-state index contributed by atoms with van der Waals surface area (Å²) in [7, 11) is 0. The maximum absolute atomic E-state index is 13.4. The van der Waals surface area contributed by atoms with Crippen molar-refractivity contribution >= 4 is 16.7 Å². The van der Waals surface area contributed by atoms with Crippen molar-refractivity contribution in [3.8, 4) is 0 Å². The first-order chi connectivity index (χ1) is 13.2. The van der Waals surface area contributed by atoms with Crippen molar-refractivity contribution in [2.24, 2.45) is 0 Å². The van der Waals surface area contributed by atoms with Gasteiger partial charge in [-0.25, -0.2) is 4.68 Å². The summed E-state index contributed by atoms with van der Waals surface area (Å²) < 4.78 is 1.49. The van der Waals surface area contributed by atoms with Gasteiger partial charge in [0.2, 0.25) is 0 Å². The van der Waals surface area contributed by atoms with Gasteiger partial charge in [0, 0.05) is 31.1 Å². The molecule has 0 radical (unpaired) electrons. The fourth-order valence-electron chi connectivity index (χ4n) is 3.79. The third kappa shape index (κ3) is 4.21. The first kappa shape index (κ1) is 19.5. The Morgan fingerprint density at radius 3 is 2.67 bits per heavy atom. The van der Waals surface area contributed by atoms with Crippen LogP contribution in [0.2, 0.25) is 0 Å². The average Bonchev–Trinajstić information content (AvgIpc) is 3.22. The molecule has 2 aromatic rings. The first-order valence-corrected chi connectivity index (χ1v) is 10.2. The Morgan fingerprint density at radius 1 is 1.22 bits per heavy atom. The molecule has 6 nitrogen and oxygen atoms in total. The molecule has 1 aliphatic heterocycles. The zero-order valence-electron chi connectivity index (χ0n) is 16.4. The van der Waals surface area contributed by atoms with Gasteiger partial charge in [-0.2, -0.15) is 5.10 Å². The van der Waals surface area contributed by atoms with E-state index < -0.39 is 0 Å². The van der Waals surface area contributed by atoms with Crippen LogP contribution in [0.3, 0.4) is 0 Å². The SMILES string of the molecule is CCCCCn1nc(C(=O)N(CCC)C2CCNC2)c2ccccc2c1=O. The maximum atomic E-state index is 13.4. The Kier molecular flexibility index (Phi) is 6.61. The Morgan fingerprint density at radius 2 is 2.00 bits per heavy atom. The topological polar surface area (TPSA) is 67.2 Å². The molecular weight excluding hydrogens is 340 g/mol. The van der Waals surface area contributed by atoms with Crippen LogP contribution >= 0.6 is 0 Å². The molecule has 3 rings (SSSR count). The number of benzene rings is 1. The molecule has 0 spiro atoms. The van der Waals surface area contributed by atoms with Gasteiger partial charge in [0.05, 0.1) is 5.39 Å². The average molecular weight is 370 g/mol. The van der Waals surface area contributed by atoms with E-state index in [1.165, 1.54) is 4.68 Å². The number of hydrogen-bond donors (Lipinski definition) is 1. The quantitative estimate of drug-likeness (QED) is 0.726. The summed E-state index contributed by atoms with van der Waals surface area (Å²) in [6.45, 7) is 7.22. The molecule has 1 fully saturated rings. The van der Waals surface area contributed by atoms with Crippen LogP contribution < -0.4 is 10.9 Å². The molecule has 27 heavy (non-hydrogen) atoms. The van der Waals surface area contributed by atoms with Crippen LogP contribution in [0.15, 0.2) is 29.1 Å². The number of amides is 1. The molecular formula is C21H30N4O2. The van der Waals surface area contributed by atoms with Gasteiger partial charge in [0.25, 0.3) is 11.5 Å². The van der Waals surface area contributed by atoms with E-state index >= 15 is 0 Å². The van der Waals surface area contributed by atoms with Crippen LogP contribution in [-0.2, 0) is 6.54 Å². The van der Waals surface area contributed by atoms with E-state index in [0.717, 1.165) is 45.2 Å². The lowest BCUT2D eigenvalue weighted by Gasteiger charge is -2.28. The molecule has 1 N–H and O–H groups in total. The minimum atomic E-state index is -0.108. The Balaban J connectivity index is 2.03. The van der Waals surface area contributed by atoms with E-state index in [9.17, 15) is 9.59 Å². The number of aryl methyl sites for hydroxylation is 1. The predicted molar refractivity (Wildman–Crippen MR) is 108 cm³/mol. The fourth-order valence-corrected chi connectivity index (χ4v) is 3.79. The molecule has 2 heterocycles. The Bertz CT molecular complexity index is 840. The molecule has 1 aliphatic rings. The third-order valence-corrected chi connectivity index (χ3v) is 5.24. The number of carbonyl (C=O) groups excluding carboxylic acids is 1. The monoisotopic (exact) mass is 370 g/mol. The van der Waals surface area contributed by atoms with Gasteiger partial charge >= 0.3 is 0 Å². The number of hydrogen-bond acceptors (Lipinski definition) is 4. The van der Waals surface area contributed by atoms with E-state index in [2.05, 4.69) is 24.3 Å². The molecule has 1 aromatic heterocycles. The number of fused-ring (bicyclic) bond motifs is 1. The summed E-state index contributed by atoms with van der Waals surface area (Å²) in [5, 5.41) is 9.12. The lowest BCUT2D eigenvalue weighted by Crippen LogP contribution is -2.43. The molecule has 146 valence electrons. The number of aromatic nitrogens is 2. The highest BCUT2D eigenvalue weighted by molar-refractivity contribution is 6.04. The van der Waals surface area contributed by atoms with Gasteiger partial charge in [-0.1, -0.05) is 44.9 Å². The second kappa shape index (κ2) is 9.13. The standard InChI is InChI=1S/C21H30N4O2/c1-3-5-8-14-25-20(26)18-10-7-6-9-17(18)19(23-25)21(27)24(13-4-2)16-11-12-22-15-16/h6-7,9-10,16,22H,3-5,8,11-15H2,1-2H3. The Hall–Kier alpha value is -2.21. The molecule has 1 unspecified atom stereocenters. The summed E-state index contributed by atoms with van der Waals surface area (Å²) in [6, 6.07) is 7.54. The lowest BCUT2D eigenvalue weighted by molar-refractivity contribution is 0.0685. The van der Waals surface area contributed by atoms with Gasteiger partial charge < -0.3 is 10.2 Å². The van der Waals surface area contributed by atoms with Crippen molar-refractivity contribution in [3.63, 3.8) is 0 Å². The highest BCUT2D eigenvalue weighted by atomic mass is 16.2. The van der Waals surface area contributed by atoms with Gasteiger partial charge in [-0.3, -0.25) is 9.59 Å². The molecule has 1 aromatic carbocycles. The van der Waals surface area contributed by atoms with E-state index in [1.807, 2.05) is 23.1 Å². The van der Waals surface area contributed by atoms with Crippen molar-refractivity contribution in [2.75, 3.05) is 19.6 Å². The highest BCUT2D eigenvalue weighted by Gasteiger charge is 2.29. The van der Waals surface area contributed by atoms with Crippen molar-refractivity contribution in [2.45, 2.75) is 58.5 Å². The van der Waals surface area contributed by atoms with Gasteiger partial charge in [0.15, 0.2) is 5.69 Å². The van der Waals surface area contributed by atoms with Crippen LogP contribution in [0.4, 0.5) is 0 Å². The molecule has 1 amide bonds. The molecule has 0 aliphatic carbocycles.